The molecule has 0 radical (unpaired) electrons. The van der Waals surface area contributed by atoms with Crippen molar-refractivity contribution in [1.29, 1.82) is 0 Å². The third-order valence-corrected chi connectivity index (χ3v) is 1.97. The fourth-order valence-electron chi connectivity index (χ4n) is 0.900. The van der Waals surface area contributed by atoms with Crippen LogP contribution in [0.3, 0.4) is 0 Å². The minimum Gasteiger partial charge on any atom is -0.137 e. The van der Waals surface area contributed by atoms with Gasteiger partial charge in [-0.3, -0.25) is 0 Å². The van der Waals surface area contributed by atoms with Crippen LogP contribution in [0.25, 0.3) is 5.57 Å². The number of hydrogen-bond acceptors (Lipinski definition) is 1. The summed E-state index contributed by atoms with van der Waals surface area (Å²) in [5.74, 6) is 0. The van der Waals surface area contributed by atoms with E-state index in [2.05, 4.69) is 0 Å². The summed E-state index contributed by atoms with van der Waals surface area (Å²) in [6, 6.07) is 10.0. The average Bonchev–Trinajstić information content (AvgIpc) is 2.17. The van der Waals surface area contributed by atoms with Crippen molar-refractivity contribution in [3.8, 4) is 0 Å². The van der Waals surface area contributed by atoms with Crippen molar-refractivity contribution in [1.82, 2.24) is 0 Å². The van der Waals surface area contributed by atoms with E-state index in [9.17, 15) is 0 Å². The Hall–Kier alpha value is -0.690. The number of thioether (sulfide) groups is 1. The standard InChI is InChI=1S/C10H12S/c1-9(8-11-2)10-6-4-3-5-7-10/h3-8H,1-2H3/b9-8-/i8D. The zero-order valence-electron chi connectivity index (χ0n) is 7.79. The highest BCUT2D eigenvalue weighted by Gasteiger charge is 1.90. The van der Waals surface area contributed by atoms with Gasteiger partial charge in [0.15, 0.2) is 0 Å². The van der Waals surface area contributed by atoms with Crippen LogP contribution in [-0.2, 0) is 0 Å². The average molecular weight is 165 g/mol. The highest BCUT2D eigenvalue weighted by molar-refractivity contribution is 8.01. The minimum absolute atomic E-state index is 0.640. The molecule has 0 aliphatic heterocycles. The second kappa shape index (κ2) is 4.24. The first kappa shape index (κ1) is 6.99. The Morgan fingerprint density at radius 2 is 2.09 bits per heavy atom. The lowest BCUT2D eigenvalue weighted by molar-refractivity contribution is 1.58. The summed E-state index contributed by atoms with van der Waals surface area (Å²) in [5, 5.41) is 0.640. The summed E-state index contributed by atoms with van der Waals surface area (Å²) in [5.41, 5.74) is 2.18. The molecule has 1 aromatic rings. The molecule has 0 amide bonds. The molecule has 0 bridgehead atoms. The van der Waals surface area contributed by atoms with E-state index >= 15 is 0 Å². The third kappa shape index (κ3) is 2.43. The predicted molar refractivity (Wildman–Crippen MR) is 53.6 cm³/mol. The molecule has 0 aliphatic carbocycles. The minimum atomic E-state index is 0.640. The van der Waals surface area contributed by atoms with Crippen LogP contribution in [0.1, 0.15) is 13.9 Å². The first-order chi connectivity index (χ1) is 5.75. The fraction of sp³-hybridized carbons (Fsp3) is 0.200. The van der Waals surface area contributed by atoms with Gasteiger partial charge in [0.1, 0.15) is 0 Å². The highest BCUT2D eigenvalue weighted by Crippen LogP contribution is 2.15. The van der Waals surface area contributed by atoms with E-state index in [1.165, 1.54) is 11.8 Å². The van der Waals surface area contributed by atoms with Crippen LogP contribution in [0.15, 0.2) is 35.7 Å². The maximum atomic E-state index is 7.61. The molecule has 0 heterocycles. The molecule has 0 saturated carbocycles. The first-order valence-electron chi connectivity index (χ1n) is 4.02. The van der Waals surface area contributed by atoms with E-state index in [1.807, 2.05) is 43.5 Å². The van der Waals surface area contributed by atoms with E-state index < -0.39 is 0 Å². The molecule has 0 aromatic heterocycles. The van der Waals surface area contributed by atoms with Gasteiger partial charge in [-0.1, -0.05) is 30.3 Å². The van der Waals surface area contributed by atoms with E-state index in [0.717, 1.165) is 11.1 Å². The van der Waals surface area contributed by atoms with Gasteiger partial charge in [-0.05, 0) is 29.7 Å². The smallest absolute Gasteiger partial charge is 0.0700 e. The Morgan fingerprint density at radius 3 is 2.64 bits per heavy atom. The highest BCUT2D eigenvalue weighted by atomic mass is 32.2. The van der Waals surface area contributed by atoms with Gasteiger partial charge in [0.05, 0.1) is 1.37 Å². The Bertz CT molecular complexity index is 277. The molecule has 0 unspecified atom stereocenters. The van der Waals surface area contributed by atoms with Gasteiger partial charge in [0.25, 0.3) is 0 Å². The Balaban J connectivity index is 3.00. The van der Waals surface area contributed by atoms with E-state index in [4.69, 9.17) is 1.37 Å². The second-order valence-electron chi connectivity index (χ2n) is 2.30. The van der Waals surface area contributed by atoms with E-state index in [0.29, 0.717) is 5.38 Å². The van der Waals surface area contributed by atoms with Gasteiger partial charge in [0, 0.05) is 0 Å². The predicted octanol–water partition coefficient (Wildman–Crippen LogP) is 3.41. The molecule has 0 fully saturated rings. The van der Waals surface area contributed by atoms with Gasteiger partial charge in [-0.2, -0.15) is 0 Å². The van der Waals surface area contributed by atoms with Crippen molar-refractivity contribution in [2.24, 2.45) is 0 Å². The molecule has 1 heteroatoms. The quantitative estimate of drug-likeness (QED) is 0.647. The van der Waals surface area contributed by atoms with Gasteiger partial charge in [-0.25, -0.2) is 0 Å². The van der Waals surface area contributed by atoms with Crippen LogP contribution in [-0.4, -0.2) is 6.26 Å². The van der Waals surface area contributed by atoms with Crippen LogP contribution in [0.2, 0.25) is 0 Å². The Morgan fingerprint density at radius 1 is 1.45 bits per heavy atom. The molecule has 0 atom stereocenters. The first-order valence-corrected chi connectivity index (χ1v) is 4.75. The van der Waals surface area contributed by atoms with Crippen molar-refractivity contribution in [3.05, 3.63) is 41.3 Å². The molecule has 58 valence electrons. The molecule has 0 saturated heterocycles. The number of hydrogen-bond donors (Lipinski definition) is 0. The van der Waals surface area contributed by atoms with Crippen molar-refractivity contribution in [2.75, 3.05) is 6.26 Å². The third-order valence-electron chi connectivity index (χ3n) is 1.46. The number of rotatable bonds is 2. The molecule has 0 aliphatic rings. The molecular weight excluding hydrogens is 152 g/mol. The molecule has 11 heavy (non-hydrogen) atoms. The normalized spacial score (nSPS) is 13.8. The molecule has 1 rings (SSSR count). The second-order valence-corrected chi connectivity index (χ2v) is 2.91. The van der Waals surface area contributed by atoms with E-state index in [1.54, 1.807) is 0 Å². The van der Waals surface area contributed by atoms with Gasteiger partial charge < -0.3 is 0 Å². The maximum absolute atomic E-state index is 7.61. The van der Waals surface area contributed by atoms with Crippen LogP contribution < -0.4 is 0 Å². The summed E-state index contributed by atoms with van der Waals surface area (Å²) in [6.45, 7) is 1.98. The van der Waals surface area contributed by atoms with Crippen molar-refractivity contribution < 1.29 is 1.37 Å². The molecule has 0 N–H and O–H groups in total. The lowest BCUT2D eigenvalue weighted by Crippen LogP contribution is -1.75. The van der Waals surface area contributed by atoms with Gasteiger partial charge in [0.2, 0.25) is 0 Å². The number of allylic oxidation sites excluding steroid dienone is 1. The monoisotopic (exact) mass is 165 g/mol. The lowest BCUT2D eigenvalue weighted by Gasteiger charge is -1.98. The van der Waals surface area contributed by atoms with Gasteiger partial charge >= 0.3 is 0 Å². The zero-order valence-corrected chi connectivity index (χ0v) is 7.61. The van der Waals surface area contributed by atoms with Crippen LogP contribution in [0, 0.1) is 0 Å². The molecule has 0 nitrogen and oxygen atoms in total. The molecule has 1 aromatic carbocycles. The fourth-order valence-corrected chi connectivity index (χ4v) is 1.32. The molecular formula is C10H12S. The van der Waals surface area contributed by atoms with Crippen molar-refractivity contribution in [2.45, 2.75) is 6.92 Å². The summed E-state index contributed by atoms with van der Waals surface area (Å²) in [6.07, 6.45) is 1.93. The largest absolute Gasteiger partial charge is 0.137 e. The lowest BCUT2D eigenvalue weighted by atomic mass is 10.1. The summed E-state index contributed by atoms with van der Waals surface area (Å²) < 4.78 is 7.61. The Kier molecular flexibility index (Phi) is 2.69. The summed E-state index contributed by atoms with van der Waals surface area (Å²) in [4.78, 5) is 0. The van der Waals surface area contributed by atoms with Crippen molar-refractivity contribution in [3.63, 3.8) is 0 Å². The topological polar surface area (TPSA) is 0 Å². The number of benzene rings is 1. The van der Waals surface area contributed by atoms with Crippen LogP contribution in [0.5, 0.6) is 0 Å². The van der Waals surface area contributed by atoms with Crippen LogP contribution in [0.4, 0.5) is 0 Å². The molecule has 0 spiro atoms. The summed E-state index contributed by atoms with van der Waals surface area (Å²) in [7, 11) is 0. The van der Waals surface area contributed by atoms with E-state index in [-0.39, 0.29) is 0 Å². The zero-order chi connectivity index (χ0) is 8.97. The maximum Gasteiger partial charge on any atom is 0.0700 e. The van der Waals surface area contributed by atoms with Gasteiger partial charge in [-0.15, -0.1) is 11.8 Å². The van der Waals surface area contributed by atoms with Crippen molar-refractivity contribution >= 4 is 17.3 Å². The SMILES string of the molecule is [2H]/C(SC)=C(\C)c1ccccc1. The summed E-state index contributed by atoms with van der Waals surface area (Å²) >= 11 is 1.47. The Labute approximate surface area is 73.7 Å². The van der Waals surface area contributed by atoms with Crippen LogP contribution >= 0.6 is 11.8 Å².